The van der Waals surface area contributed by atoms with Gasteiger partial charge in [0.25, 0.3) is 0 Å². The Kier molecular flexibility index (Phi) is 9.29. The Hall–Kier alpha value is -4.70. The summed E-state index contributed by atoms with van der Waals surface area (Å²) in [5.74, 6) is -1.27. The van der Waals surface area contributed by atoms with Crippen molar-refractivity contribution in [3.8, 4) is 0 Å². The number of nitrogens with zero attached hydrogens (tertiary/aromatic N) is 3. The summed E-state index contributed by atoms with van der Waals surface area (Å²) in [6.45, 7) is 6.07. The molecule has 3 aromatic carbocycles. The summed E-state index contributed by atoms with van der Waals surface area (Å²) in [4.78, 5) is 49.3. The molecule has 1 fully saturated rings. The number of hydrogen-bond acceptors (Lipinski definition) is 5. The van der Waals surface area contributed by atoms with Gasteiger partial charge in [-0.05, 0) is 74.6 Å². The van der Waals surface area contributed by atoms with E-state index in [0.717, 1.165) is 27.7 Å². The van der Waals surface area contributed by atoms with Crippen LogP contribution in [-0.4, -0.2) is 78.8 Å². The molecule has 1 aliphatic rings. The SMILES string of the molecule is CC(=O)c1ccc(CN(C)C)cc1NC(=O)[C@H](NC(=O)N1CCN(c2ccc(F)cc2)CC1)[C@@H](C)c1c[nH]c2ccccc12. The zero-order valence-corrected chi connectivity index (χ0v) is 25.6. The van der Waals surface area contributed by atoms with Crippen LogP contribution in [-0.2, 0) is 11.3 Å². The van der Waals surface area contributed by atoms with Crippen molar-refractivity contribution in [2.24, 2.45) is 0 Å². The van der Waals surface area contributed by atoms with Gasteiger partial charge in [-0.2, -0.15) is 0 Å². The highest BCUT2D eigenvalue weighted by Gasteiger charge is 2.32. The van der Waals surface area contributed by atoms with Gasteiger partial charge in [0.05, 0.1) is 5.69 Å². The number of aromatic amines is 1. The van der Waals surface area contributed by atoms with E-state index in [1.807, 2.05) is 68.5 Å². The number of rotatable bonds is 9. The number of H-pyrrole nitrogens is 1. The van der Waals surface area contributed by atoms with E-state index >= 15 is 0 Å². The fourth-order valence-electron chi connectivity index (χ4n) is 5.79. The zero-order valence-electron chi connectivity index (χ0n) is 25.6. The molecule has 44 heavy (non-hydrogen) atoms. The number of para-hydroxylation sites is 1. The van der Waals surface area contributed by atoms with Gasteiger partial charge in [-0.15, -0.1) is 0 Å². The second-order valence-corrected chi connectivity index (χ2v) is 11.6. The molecule has 1 saturated heterocycles. The molecule has 2 heterocycles. The average molecular weight is 599 g/mol. The molecule has 2 atom stereocenters. The lowest BCUT2D eigenvalue weighted by Crippen LogP contribution is -2.56. The van der Waals surface area contributed by atoms with Crippen molar-refractivity contribution in [3.05, 3.63) is 95.4 Å². The maximum Gasteiger partial charge on any atom is 0.318 e. The van der Waals surface area contributed by atoms with Crippen molar-refractivity contribution in [2.45, 2.75) is 32.4 Å². The molecular formula is C34H39FN6O3. The first-order valence-corrected chi connectivity index (χ1v) is 14.8. The van der Waals surface area contributed by atoms with E-state index in [0.29, 0.717) is 44.0 Å². The summed E-state index contributed by atoms with van der Waals surface area (Å²) in [5, 5.41) is 6.96. The van der Waals surface area contributed by atoms with Crippen LogP contribution in [0, 0.1) is 5.82 Å². The minimum absolute atomic E-state index is 0.166. The van der Waals surface area contributed by atoms with Gasteiger partial charge in [0.1, 0.15) is 11.9 Å². The van der Waals surface area contributed by atoms with E-state index in [4.69, 9.17) is 0 Å². The molecule has 3 N–H and O–H groups in total. The number of carbonyl (C=O) groups excluding carboxylic acids is 3. The summed E-state index contributed by atoms with van der Waals surface area (Å²) in [6, 6.07) is 18.3. The van der Waals surface area contributed by atoms with Crippen molar-refractivity contribution in [3.63, 3.8) is 0 Å². The number of nitrogens with one attached hydrogen (secondary N) is 3. The lowest BCUT2D eigenvalue weighted by molar-refractivity contribution is -0.118. The Morgan fingerprint density at radius 1 is 0.977 bits per heavy atom. The Morgan fingerprint density at radius 3 is 2.36 bits per heavy atom. The summed E-state index contributed by atoms with van der Waals surface area (Å²) >= 11 is 0. The van der Waals surface area contributed by atoms with Crippen molar-refractivity contribution >= 4 is 40.0 Å². The molecule has 9 nitrogen and oxygen atoms in total. The first-order valence-electron chi connectivity index (χ1n) is 14.8. The van der Waals surface area contributed by atoms with Gasteiger partial charge in [-0.1, -0.05) is 31.2 Å². The van der Waals surface area contributed by atoms with Crippen LogP contribution >= 0.6 is 0 Å². The van der Waals surface area contributed by atoms with Crippen LogP contribution < -0.4 is 15.5 Å². The van der Waals surface area contributed by atoms with E-state index in [1.165, 1.54) is 19.1 Å². The molecule has 3 amide bonds. The summed E-state index contributed by atoms with van der Waals surface area (Å²) in [7, 11) is 3.90. The Balaban J connectivity index is 1.38. The maximum atomic E-state index is 14.1. The van der Waals surface area contributed by atoms with Crippen molar-refractivity contribution in [1.82, 2.24) is 20.1 Å². The molecule has 0 aliphatic carbocycles. The second kappa shape index (κ2) is 13.3. The number of carbonyl (C=O) groups is 3. The first kappa shape index (κ1) is 30.7. The van der Waals surface area contributed by atoms with Crippen LogP contribution in [0.5, 0.6) is 0 Å². The molecule has 1 aromatic heterocycles. The van der Waals surface area contributed by atoms with Crippen molar-refractivity contribution in [2.75, 3.05) is 50.5 Å². The van der Waals surface area contributed by atoms with Crippen LogP contribution in [0.25, 0.3) is 10.9 Å². The zero-order chi connectivity index (χ0) is 31.4. The fourth-order valence-corrected chi connectivity index (χ4v) is 5.79. The monoisotopic (exact) mass is 598 g/mol. The number of urea groups is 1. The summed E-state index contributed by atoms with van der Waals surface area (Å²) in [6.07, 6.45) is 1.88. The highest BCUT2D eigenvalue weighted by atomic mass is 19.1. The molecular weight excluding hydrogens is 559 g/mol. The first-order chi connectivity index (χ1) is 21.1. The molecule has 10 heteroatoms. The smallest absolute Gasteiger partial charge is 0.318 e. The molecule has 0 radical (unpaired) electrons. The number of fused-ring (bicyclic) bond motifs is 1. The Labute approximate surface area is 257 Å². The fraction of sp³-hybridized carbons (Fsp3) is 0.324. The lowest BCUT2D eigenvalue weighted by atomic mass is 9.92. The van der Waals surface area contributed by atoms with Gasteiger partial charge in [0, 0.05) is 67.0 Å². The second-order valence-electron chi connectivity index (χ2n) is 11.6. The molecule has 4 aromatic rings. The van der Waals surface area contributed by atoms with Crippen LogP contribution in [0.3, 0.4) is 0 Å². The molecule has 0 saturated carbocycles. The number of halogens is 1. The molecule has 0 bridgehead atoms. The van der Waals surface area contributed by atoms with Gasteiger partial charge < -0.3 is 30.3 Å². The highest BCUT2D eigenvalue weighted by molar-refractivity contribution is 6.06. The number of ketones is 1. The maximum absolute atomic E-state index is 14.1. The van der Waals surface area contributed by atoms with Gasteiger partial charge in [0.15, 0.2) is 5.78 Å². The Morgan fingerprint density at radius 2 is 1.68 bits per heavy atom. The third-order valence-corrected chi connectivity index (χ3v) is 8.15. The summed E-state index contributed by atoms with van der Waals surface area (Å²) in [5.41, 5.74) is 4.50. The van der Waals surface area contributed by atoms with Crippen LogP contribution in [0.1, 0.15) is 41.3 Å². The largest absolute Gasteiger partial charge is 0.368 e. The van der Waals surface area contributed by atoms with E-state index in [1.54, 1.807) is 23.1 Å². The number of piperazine rings is 1. The Bertz CT molecular complexity index is 1640. The number of anilines is 2. The van der Waals surface area contributed by atoms with E-state index in [9.17, 15) is 18.8 Å². The van der Waals surface area contributed by atoms with E-state index in [-0.39, 0.29) is 17.6 Å². The van der Waals surface area contributed by atoms with Crippen LogP contribution in [0.15, 0.2) is 72.9 Å². The minimum atomic E-state index is -0.936. The summed E-state index contributed by atoms with van der Waals surface area (Å²) < 4.78 is 13.4. The topological polar surface area (TPSA) is 101 Å². The van der Waals surface area contributed by atoms with Gasteiger partial charge >= 0.3 is 6.03 Å². The molecule has 230 valence electrons. The normalized spacial score (nSPS) is 14.9. The van der Waals surface area contributed by atoms with Gasteiger partial charge in [-0.25, -0.2) is 9.18 Å². The number of aromatic nitrogens is 1. The predicted octanol–water partition coefficient (Wildman–Crippen LogP) is 5.21. The average Bonchev–Trinajstić information content (AvgIpc) is 3.44. The minimum Gasteiger partial charge on any atom is -0.368 e. The number of benzene rings is 3. The number of amides is 3. The van der Waals surface area contributed by atoms with Crippen LogP contribution in [0.2, 0.25) is 0 Å². The third-order valence-electron chi connectivity index (χ3n) is 8.15. The van der Waals surface area contributed by atoms with E-state index < -0.39 is 17.9 Å². The quantitative estimate of drug-likeness (QED) is 0.230. The third kappa shape index (κ3) is 6.92. The van der Waals surface area contributed by atoms with Gasteiger partial charge in [-0.3, -0.25) is 9.59 Å². The molecule has 1 aliphatic heterocycles. The van der Waals surface area contributed by atoms with Gasteiger partial charge in [0.2, 0.25) is 5.91 Å². The molecule has 0 unspecified atom stereocenters. The lowest BCUT2D eigenvalue weighted by Gasteiger charge is -2.37. The highest BCUT2D eigenvalue weighted by Crippen LogP contribution is 2.29. The van der Waals surface area contributed by atoms with Crippen LogP contribution in [0.4, 0.5) is 20.6 Å². The predicted molar refractivity (Wildman–Crippen MR) is 172 cm³/mol. The van der Waals surface area contributed by atoms with Crippen molar-refractivity contribution < 1.29 is 18.8 Å². The number of hydrogen-bond donors (Lipinski definition) is 3. The standard InChI is InChI=1S/C34H39FN6O3/c1-22(29-20-36-30-8-6-5-7-28(29)30)32(33(43)37-31-19-24(21-39(3)4)9-14-27(31)23(2)42)38-34(44)41-17-15-40(16-18-41)26-12-10-25(35)11-13-26/h5-14,19-20,22,32,36H,15-18,21H2,1-4H3,(H,37,43)(H,38,44)/t22-,32+/m0/s1. The molecule has 0 spiro atoms. The number of Topliss-reactive ketones (excluding diaryl/α,β-unsaturated/α-hetero) is 1. The van der Waals surface area contributed by atoms with E-state index in [2.05, 4.69) is 20.5 Å². The van der Waals surface area contributed by atoms with Crippen molar-refractivity contribution in [1.29, 1.82) is 0 Å². The molecule has 5 rings (SSSR count).